The molecule has 0 aromatic heterocycles. The molecule has 0 unspecified atom stereocenters. The van der Waals surface area contributed by atoms with Crippen molar-refractivity contribution in [2.75, 3.05) is 6.61 Å². The lowest BCUT2D eigenvalue weighted by Crippen LogP contribution is -2.26. The zero-order valence-electron chi connectivity index (χ0n) is 6.88. The molecule has 0 bridgehead atoms. The average molecular weight is 154 g/mol. The molecule has 2 aliphatic heterocycles. The van der Waals surface area contributed by atoms with Crippen molar-refractivity contribution in [2.24, 2.45) is 5.92 Å². The summed E-state index contributed by atoms with van der Waals surface area (Å²) in [6.45, 7) is 6.91. The van der Waals surface area contributed by atoms with E-state index in [2.05, 4.69) is 6.58 Å². The lowest BCUT2D eigenvalue weighted by Gasteiger charge is -2.24. The Hall–Kier alpha value is -0.340. The molecule has 2 heterocycles. The number of hydrogen-bond acceptors (Lipinski definition) is 2. The Labute approximate surface area is 67.2 Å². The molecule has 2 aliphatic rings. The largest absolute Gasteiger partial charge is 0.352 e. The van der Waals surface area contributed by atoms with Gasteiger partial charge in [-0.1, -0.05) is 6.58 Å². The molecule has 2 rings (SSSR count). The number of ether oxygens (including phenoxy) is 2. The van der Waals surface area contributed by atoms with Crippen LogP contribution >= 0.6 is 0 Å². The predicted molar refractivity (Wildman–Crippen MR) is 42.2 cm³/mol. The first kappa shape index (κ1) is 7.32. The van der Waals surface area contributed by atoms with Gasteiger partial charge >= 0.3 is 0 Å². The minimum Gasteiger partial charge on any atom is -0.352 e. The topological polar surface area (TPSA) is 18.5 Å². The maximum atomic E-state index is 5.56. The summed E-state index contributed by atoms with van der Waals surface area (Å²) >= 11 is 0. The molecule has 2 nitrogen and oxygen atoms in total. The van der Waals surface area contributed by atoms with Gasteiger partial charge in [0.25, 0.3) is 0 Å². The second kappa shape index (κ2) is 2.61. The van der Waals surface area contributed by atoms with Gasteiger partial charge in [-0.05, 0) is 25.3 Å². The monoisotopic (exact) mass is 154 g/mol. The molecule has 11 heavy (non-hydrogen) atoms. The van der Waals surface area contributed by atoms with Crippen molar-refractivity contribution >= 4 is 0 Å². The highest BCUT2D eigenvalue weighted by Gasteiger charge is 2.38. The Morgan fingerprint density at radius 2 is 2.36 bits per heavy atom. The third-order valence-electron chi connectivity index (χ3n) is 2.61. The summed E-state index contributed by atoms with van der Waals surface area (Å²) in [5, 5.41) is 0. The molecule has 2 heteroatoms. The Morgan fingerprint density at radius 3 is 3.09 bits per heavy atom. The normalized spacial score (nSPS) is 44.1. The number of fused-ring (bicyclic) bond motifs is 1. The fourth-order valence-electron chi connectivity index (χ4n) is 1.84. The Balaban J connectivity index is 2.11. The van der Waals surface area contributed by atoms with Gasteiger partial charge in [0.2, 0.25) is 0 Å². The first-order valence-electron chi connectivity index (χ1n) is 4.25. The second-order valence-electron chi connectivity index (χ2n) is 3.34. The van der Waals surface area contributed by atoms with Crippen molar-refractivity contribution < 1.29 is 9.47 Å². The molecule has 0 amide bonds. The van der Waals surface area contributed by atoms with Crippen LogP contribution in [0.1, 0.15) is 19.8 Å². The van der Waals surface area contributed by atoms with Gasteiger partial charge in [-0.2, -0.15) is 0 Å². The van der Waals surface area contributed by atoms with Crippen molar-refractivity contribution in [2.45, 2.75) is 32.2 Å². The number of rotatable bonds is 0. The van der Waals surface area contributed by atoms with E-state index in [0.29, 0.717) is 5.92 Å². The minimum atomic E-state index is 0.0197. The van der Waals surface area contributed by atoms with Crippen LogP contribution in [0, 0.1) is 5.92 Å². The van der Waals surface area contributed by atoms with E-state index in [1.807, 2.05) is 6.92 Å². The highest BCUT2D eigenvalue weighted by molar-refractivity contribution is 5.12. The summed E-state index contributed by atoms with van der Waals surface area (Å²) in [6.07, 6.45) is 2.55. The van der Waals surface area contributed by atoms with Crippen molar-refractivity contribution in [3.8, 4) is 0 Å². The first-order chi connectivity index (χ1) is 5.29. The fourth-order valence-corrected chi connectivity index (χ4v) is 1.84. The van der Waals surface area contributed by atoms with Gasteiger partial charge in [0, 0.05) is 12.5 Å². The second-order valence-corrected chi connectivity index (χ2v) is 3.34. The molecular weight excluding hydrogens is 140 g/mol. The summed E-state index contributed by atoms with van der Waals surface area (Å²) in [5.74, 6) is 0.471. The summed E-state index contributed by atoms with van der Waals surface area (Å²) in [4.78, 5) is 0. The SMILES string of the molecule is C=C1[C@H]2CCCO[C@H]2O[C@@H]1C. The molecule has 0 aromatic carbocycles. The van der Waals surface area contributed by atoms with Crippen molar-refractivity contribution in [1.29, 1.82) is 0 Å². The minimum absolute atomic E-state index is 0.0197. The van der Waals surface area contributed by atoms with Crippen LogP contribution in [-0.4, -0.2) is 19.0 Å². The molecule has 0 spiro atoms. The van der Waals surface area contributed by atoms with Gasteiger partial charge in [0.15, 0.2) is 6.29 Å². The van der Waals surface area contributed by atoms with Crippen molar-refractivity contribution in [3.63, 3.8) is 0 Å². The molecule has 0 aliphatic carbocycles. The van der Waals surface area contributed by atoms with E-state index in [1.54, 1.807) is 0 Å². The quantitative estimate of drug-likeness (QED) is 0.494. The number of hydrogen-bond donors (Lipinski definition) is 0. The molecule has 2 fully saturated rings. The summed E-state index contributed by atoms with van der Waals surface area (Å²) < 4.78 is 11.0. The maximum absolute atomic E-state index is 5.56. The van der Waals surface area contributed by atoms with Gasteiger partial charge in [-0.25, -0.2) is 0 Å². The zero-order valence-corrected chi connectivity index (χ0v) is 6.88. The molecular formula is C9H14O2. The van der Waals surface area contributed by atoms with E-state index < -0.39 is 0 Å². The molecule has 3 atom stereocenters. The van der Waals surface area contributed by atoms with Crippen LogP contribution in [0.25, 0.3) is 0 Å². The molecule has 0 saturated carbocycles. The van der Waals surface area contributed by atoms with Gasteiger partial charge in [0.05, 0.1) is 6.10 Å². The van der Waals surface area contributed by atoms with Crippen LogP contribution < -0.4 is 0 Å². The van der Waals surface area contributed by atoms with Crippen molar-refractivity contribution in [3.05, 3.63) is 12.2 Å². The van der Waals surface area contributed by atoms with E-state index in [9.17, 15) is 0 Å². The van der Waals surface area contributed by atoms with Crippen LogP contribution in [0.5, 0.6) is 0 Å². The summed E-state index contributed by atoms with van der Waals surface area (Å²) in [6, 6.07) is 0. The molecule has 62 valence electrons. The van der Waals surface area contributed by atoms with Crippen LogP contribution in [0.15, 0.2) is 12.2 Å². The molecule has 0 radical (unpaired) electrons. The third kappa shape index (κ3) is 1.10. The first-order valence-corrected chi connectivity index (χ1v) is 4.25. The van der Waals surface area contributed by atoms with Crippen LogP contribution in [0.2, 0.25) is 0 Å². The zero-order chi connectivity index (χ0) is 7.84. The molecule has 0 N–H and O–H groups in total. The Morgan fingerprint density at radius 1 is 1.55 bits per heavy atom. The standard InChI is InChI=1S/C9H14O2/c1-6-7(2)11-9-8(6)4-3-5-10-9/h7-9H,1,3-5H2,2H3/t7-,8-,9+/m1/s1. The van der Waals surface area contributed by atoms with Crippen molar-refractivity contribution in [1.82, 2.24) is 0 Å². The van der Waals surface area contributed by atoms with Crippen LogP contribution in [-0.2, 0) is 9.47 Å². The van der Waals surface area contributed by atoms with E-state index in [1.165, 1.54) is 12.0 Å². The van der Waals surface area contributed by atoms with E-state index in [-0.39, 0.29) is 12.4 Å². The van der Waals surface area contributed by atoms with Gasteiger partial charge < -0.3 is 9.47 Å². The Bertz CT molecular complexity index is 176. The highest BCUT2D eigenvalue weighted by atomic mass is 16.7. The lowest BCUT2D eigenvalue weighted by atomic mass is 9.93. The summed E-state index contributed by atoms with van der Waals surface area (Å²) in [5.41, 5.74) is 1.22. The van der Waals surface area contributed by atoms with E-state index in [0.717, 1.165) is 13.0 Å². The highest BCUT2D eigenvalue weighted by Crippen LogP contribution is 2.37. The predicted octanol–water partition coefficient (Wildman–Crippen LogP) is 1.71. The lowest BCUT2D eigenvalue weighted by molar-refractivity contribution is -0.163. The summed E-state index contributed by atoms with van der Waals surface area (Å²) in [7, 11) is 0. The Kier molecular flexibility index (Phi) is 1.74. The van der Waals surface area contributed by atoms with Gasteiger partial charge in [0.1, 0.15) is 0 Å². The fraction of sp³-hybridized carbons (Fsp3) is 0.778. The molecule has 2 saturated heterocycles. The third-order valence-corrected chi connectivity index (χ3v) is 2.61. The smallest absolute Gasteiger partial charge is 0.164 e. The van der Waals surface area contributed by atoms with E-state index in [4.69, 9.17) is 9.47 Å². The van der Waals surface area contributed by atoms with E-state index >= 15 is 0 Å². The van der Waals surface area contributed by atoms with Gasteiger partial charge in [-0.15, -0.1) is 0 Å². The maximum Gasteiger partial charge on any atom is 0.164 e. The van der Waals surface area contributed by atoms with Crippen LogP contribution in [0.4, 0.5) is 0 Å². The molecule has 0 aromatic rings. The average Bonchev–Trinajstić information content (AvgIpc) is 2.30. The van der Waals surface area contributed by atoms with Crippen LogP contribution in [0.3, 0.4) is 0 Å². The van der Waals surface area contributed by atoms with Gasteiger partial charge in [-0.3, -0.25) is 0 Å².